The Labute approximate surface area is 115 Å². The van der Waals surface area contributed by atoms with Gasteiger partial charge in [-0.2, -0.15) is 0 Å². The first-order valence-electron chi connectivity index (χ1n) is 6.71. The predicted molar refractivity (Wildman–Crippen MR) is 78.3 cm³/mol. The first kappa shape index (κ1) is 13.8. The smallest absolute Gasteiger partial charge is 0.196 e. The number of aromatic nitrogens is 1. The quantitative estimate of drug-likeness (QED) is 0.913. The van der Waals surface area contributed by atoms with E-state index < -0.39 is 0 Å². The lowest BCUT2D eigenvalue weighted by atomic mass is 9.83. The second-order valence-corrected chi connectivity index (χ2v) is 5.77. The molecular formula is C16H22N2O. The Bertz CT molecular complexity index is 538. The van der Waals surface area contributed by atoms with Gasteiger partial charge in [-0.15, -0.1) is 0 Å². The van der Waals surface area contributed by atoms with Crippen molar-refractivity contribution in [2.75, 3.05) is 13.6 Å². The molecule has 0 saturated carbocycles. The second-order valence-electron chi connectivity index (χ2n) is 5.77. The summed E-state index contributed by atoms with van der Waals surface area (Å²) in [6.07, 6.45) is 2.64. The summed E-state index contributed by atoms with van der Waals surface area (Å²) < 4.78 is 5.86. The van der Waals surface area contributed by atoms with Gasteiger partial charge in [0.15, 0.2) is 11.7 Å². The Morgan fingerprint density at radius 2 is 1.95 bits per heavy atom. The molecule has 0 fully saturated rings. The molecule has 0 unspecified atom stereocenters. The van der Waals surface area contributed by atoms with Crippen molar-refractivity contribution in [2.45, 2.75) is 32.6 Å². The van der Waals surface area contributed by atoms with Gasteiger partial charge in [0.1, 0.15) is 0 Å². The average Bonchev–Trinajstić information content (AvgIpc) is 2.84. The molecule has 19 heavy (non-hydrogen) atoms. The maximum Gasteiger partial charge on any atom is 0.196 e. The van der Waals surface area contributed by atoms with Crippen LogP contribution in [-0.4, -0.2) is 18.6 Å². The Morgan fingerprint density at radius 3 is 2.63 bits per heavy atom. The van der Waals surface area contributed by atoms with Crippen LogP contribution in [0.2, 0.25) is 0 Å². The fourth-order valence-electron chi connectivity index (χ4n) is 2.13. The molecule has 2 aromatic rings. The van der Waals surface area contributed by atoms with Crippen molar-refractivity contribution < 1.29 is 4.42 Å². The van der Waals surface area contributed by atoms with Crippen LogP contribution in [0.5, 0.6) is 0 Å². The standard InChI is InChI=1S/C16H22N2O/c1-16(2,3)13-8-6-5-7-12(13)14-11-18-15(19-14)9-10-17-4/h5-8,11,17H,9-10H2,1-4H3. The van der Waals surface area contributed by atoms with E-state index in [2.05, 4.69) is 49.3 Å². The van der Waals surface area contributed by atoms with Gasteiger partial charge < -0.3 is 9.73 Å². The van der Waals surface area contributed by atoms with E-state index in [-0.39, 0.29) is 5.41 Å². The summed E-state index contributed by atoms with van der Waals surface area (Å²) >= 11 is 0. The predicted octanol–water partition coefficient (Wildman–Crippen LogP) is 3.40. The Kier molecular flexibility index (Phi) is 4.05. The van der Waals surface area contributed by atoms with Gasteiger partial charge in [0.05, 0.1) is 6.20 Å². The lowest BCUT2D eigenvalue weighted by Gasteiger charge is -2.21. The number of benzene rings is 1. The zero-order valence-corrected chi connectivity index (χ0v) is 12.2. The topological polar surface area (TPSA) is 38.1 Å². The van der Waals surface area contributed by atoms with E-state index in [0.717, 1.165) is 30.2 Å². The van der Waals surface area contributed by atoms with Crippen molar-refractivity contribution in [1.29, 1.82) is 0 Å². The molecule has 0 saturated heterocycles. The average molecular weight is 258 g/mol. The third-order valence-corrected chi connectivity index (χ3v) is 3.14. The molecule has 0 amide bonds. The van der Waals surface area contributed by atoms with Crippen LogP contribution in [0.15, 0.2) is 34.9 Å². The van der Waals surface area contributed by atoms with Crippen LogP contribution in [0.4, 0.5) is 0 Å². The van der Waals surface area contributed by atoms with Crippen molar-refractivity contribution >= 4 is 0 Å². The highest BCUT2D eigenvalue weighted by atomic mass is 16.4. The highest BCUT2D eigenvalue weighted by molar-refractivity contribution is 5.63. The van der Waals surface area contributed by atoms with Crippen molar-refractivity contribution in [1.82, 2.24) is 10.3 Å². The summed E-state index contributed by atoms with van der Waals surface area (Å²) in [4.78, 5) is 4.35. The van der Waals surface area contributed by atoms with E-state index in [1.54, 1.807) is 0 Å². The third kappa shape index (κ3) is 3.24. The van der Waals surface area contributed by atoms with Gasteiger partial charge in [0.2, 0.25) is 0 Å². The molecule has 1 aromatic carbocycles. The number of rotatable bonds is 4. The fraction of sp³-hybridized carbons (Fsp3) is 0.438. The van der Waals surface area contributed by atoms with E-state index in [1.807, 2.05) is 19.3 Å². The molecule has 3 heteroatoms. The fourth-order valence-corrected chi connectivity index (χ4v) is 2.13. The molecule has 1 heterocycles. The van der Waals surface area contributed by atoms with Gasteiger partial charge in [-0.3, -0.25) is 0 Å². The molecule has 0 aliphatic rings. The van der Waals surface area contributed by atoms with Gasteiger partial charge >= 0.3 is 0 Å². The Balaban J connectivity index is 2.34. The van der Waals surface area contributed by atoms with Crippen LogP contribution in [0.3, 0.4) is 0 Å². The van der Waals surface area contributed by atoms with Crippen LogP contribution < -0.4 is 5.32 Å². The van der Waals surface area contributed by atoms with Crippen LogP contribution in [-0.2, 0) is 11.8 Å². The number of nitrogens with zero attached hydrogens (tertiary/aromatic N) is 1. The molecule has 1 aromatic heterocycles. The second kappa shape index (κ2) is 5.57. The van der Waals surface area contributed by atoms with Crippen LogP contribution in [0.25, 0.3) is 11.3 Å². The molecule has 3 nitrogen and oxygen atoms in total. The molecule has 0 bridgehead atoms. The largest absolute Gasteiger partial charge is 0.441 e. The molecule has 0 spiro atoms. The molecule has 0 radical (unpaired) electrons. The van der Waals surface area contributed by atoms with Gasteiger partial charge in [0.25, 0.3) is 0 Å². The molecule has 2 rings (SSSR count). The summed E-state index contributed by atoms with van der Waals surface area (Å²) in [6, 6.07) is 8.37. The summed E-state index contributed by atoms with van der Waals surface area (Å²) in [5.41, 5.74) is 2.51. The van der Waals surface area contributed by atoms with Gasteiger partial charge in [-0.05, 0) is 18.0 Å². The third-order valence-electron chi connectivity index (χ3n) is 3.14. The molecular weight excluding hydrogens is 236 g/mol. The lowest BCUT2D eigenvalue weighted by Crippen LogP contribution is -2.12. The summed E-state index contributed by atoms with van der Waals surface area (Å²) in [5.74, 6) is 1.64. The van der Waals surface area contributed by atoms with Crippen molar-refractivity contribution in [3.63, 3.8) is 0 Å². The van der Waals surface area contributed by atoms with E-state index in [9.17, 15) is 0 Å². The Morgan fingerprint density at radius 1 is 1.21 bits per heavy atom. The molecule has 1 N–H and O–H groups in total. The maximum absolute atomic E-state index is 5.86. The van der Waals surface area contributed by atoms with Crippen molar-refractivity contribution in [3.8, 4) is 11.3 Å². The zero-order chi connectivity index (χ0) is 13.9. The summed E-state index contributed by atoms with van der Waals surface area (Å²) in [5, 5.41) is 3.10. The SMILES string of the molecule is CNCCc1ncc(-c2ccccc2C(C)(C)C)o1. The Hall–Kier alpha value is -1.61. The lowest BCUT2D eigenvalue weighted by molar-refractivity contribution is 0.498. The van der Waals surface area contributed by atoms with E-state index in [1.165, 1.54) is 5.56 Å². The van der Waals surface area contributed by atoms with Crippen LogP contribution in [0, 0.1) is 0 Å². The normalized spacial score (nSPS) is 11.8. The van der Waals surface area contributed by atoms with Gasteiger partial charge in [-0.1, -0.05) is 45.0 Å². The van der Waals surface area contributed by atoms with E-state index in [0.29, 0.717) is 0 Å². The number of hydrogen-bond donors (Lipinski definition) is 1. The summed E-state index contributed by atoms with van der Waals surface area (Å²) in [6.45, 7) is 7.51. The van der Waals surface area contributed by atoms with Crippen LogP contribution >= 0.6 is 0 Å². The van der Waals surface area contributed by atoms with Gasteiger partial charge in [0, 0.05) is 18.5 Å². The number of oxazole rings is 1. The minimum Gasteiger partial charge on any atom is -0.441 e. The monoisotopic (exact) mass is 258 g/mol. The minimum atomic E-state index is 0.0918. The van der Waals surface area contributed by atoms with E-state index in [4.69, 9.17) is 4.42 Å². The number of hydrogen-bond acceptors (Lipinski definition) is 3. The molecule has 0 aliphatic carbocycles. The van der Waals surface area contributed by atoms with Crippen LogP contribution in [0.1, 0.15) is 32.2 Å². The van der Waals surface area contributed by atoms with Crippen molar-refractivity contribution in [3.05, 3.63) is 41.9 Å². The van der Waals surface area contributed by atoms with E-state index >= 15 is 0 Å². The highest BCUT2D eigenvalue weighted by Crippen LogP contribution is 2.33. The maximum atomic E-state index is 5.86. The molecule has 0 atom stereocenters. The number of nitrogens with one attached hydrogen (secondary N) is 1. The summed E-state index contributed by atoms with van der Waals surface area (Å²) in [7, 11) is 1.93. The van der Waals surface area contributed by atoms with Gasteiger partial charge in [-0.25, -0.2) is 4.98 Å². The first-order chi connectivity index (χ1) is 9.02. The van der Waals surface area contributed by atoms with Crippen molar-refractivity contribution in [2.24, 2.45) is 0 Å². The first-order valence-corrected chi connectivity index (χ1v) is 6.71. The highest BCUT2D eigenvalue weighted by Gasteiger charge is 2.20. The molecule has 102 valence electrons. The zero-order valence-electron chi connectivity index (χ0n) is 12.2. The minimum absolute atomic E-state index is 0.0918. The molecule has 0 aliphatic heterocycles. The number of likely N-dealkylation sites (N-methyl/N-ethyl adjacent to an activating group) is 1.